The molecule has 0 heterocycles. The van der Waals surface area contributed by atoms with Crippen LogP contribution in [-0.4, -0.2) is 24.1 Å². The summed E-state index contributed by atoms with van der Waals surface area (Å²) in [6.45, 7) is 5.76. The summed E-state index contributed by atoms with van der Waals surface area (Å²) in [5, 5.41) is 3.80. The van der Waals surface area contributed by atoms with Crippen molar-refractivity contribution < 1.29 is 0 Å². The lowest BCUT2D eigenvalue weighted by molar-refractivity contribution is 0.343. The Balaban J connectivity index is 2.35. The molecule has 0 aliphatic heterocycles. The monoisotopic (exact) mass is 257 g/mol. The molecule has 1 nitrogen and oxygen atoms in total. The van der Waals surface area contributed by atoms with Crippen molar-refractivity contribution in [2.45, 2.75) is 71.3 Å². The summed E-state index contributed by atoms with van der Waals surface area (Å²) < 4.78 is 0. The van der Waals surface area contributed by atoms with E-state index in [-0.39, 0.29) is 0 Å². The minimum Gasteiger partial charge on any atom is -0.313 e. The van der Waals surface area contributed by atoms with Gasteiger partial charge in [0, 0.05) is 11.8 Å². The summed E-state index contributed by atoms with van der Waals surface area (Å²) in [5.74, 6) is 3.61. The average molecular weight is 257 g/mol. The highest BCUT2D eigenvalue weighted by molar-refractivity contribution is 7.99. The van der Waals surface area contributed by atoms with E-state index in [4.69, 9.17) is 0 Å². The molecule has 1 unspecified atom stereocenters. The lowest BCUT2D eigenvalue weighted by Gasteiger charge is -2.27. The molecule has 102 valence electrons. The first kappa shape index (κ1) is 15.4. The first-order valence-corrected chi connectivity index (χ1v) is 8.85. The van der Waals surface area contributed by atoms with E-state index in [0.29, 0.717) is 0 Å². The van der Waals surface area contributed by atoms with Gasteiger partial charge in [0.1, 0.15) is 0 Å². The smallest absolute Gasteiger partial charge is 0.0186 e. The summed E-state index contributed by atoms with van der Waals surface area (Å²) in [6.07, 6.45) is 11.4. The van der Waals surface area contributed by atoms with Crippen LogP contribution in [0.2, 0.25) is 0 Å². The van der Waals surface area contributed by atoms with Crippen molar-refractivity contribution in [2.75, 3.05) is 18.1 Å². The number of rotatable bonds is 8. The fourth-order valence-electron chi connectivity index (χ4n) is 2.76. The Morgan fingerprint density at radius 1 is 1.06 bits per heavy atom. The van der Waals surface area contributed by atoms with Crippen LogP contribution in [0.25, 0.3) is 0 Å². The van der Waals surface area contributed by atoms with Gasteiger partial charge in [-0.25, -0.2) is 0 Å². The van der Waals surface area contributed by atoms with Crippen LogP contribution in [0.5, 0.6) is 0 Å². The van der Waals surface area contributed by atoms with Gasteiger partial charge in [-0.15, -0.1) is 0 Å². The molecule has 1 saturated carbocycles. The Kier molecular flexibility index (Phi) is 9.27. The normalized spacial score (nSPS) is 20.1. The van der Waals surface area contributed by atoms with Crippen LogP contribution in [0.3, 0.4) is 0 Å². The van der Waals surface area contributed by atoms with Crippen molar-refractivity contribution in [1.82, 2.24) is 5.32 Å². The van der Waals surface area contributed by atoms with Gasteiger partial charge in [0.05, 0.1) is 0 Å². The number of hydrogen-bond donors (Lipinski definition) is 1. The zero-order chi connectivity index (χ0) is 12.3. The van der Waals surface area contributed by atoms with Gasteiger partial charge in [-0.05, 0) is 43.9 Å². The molecule has 0 bridgehead atoms. The largest absolute Gasteiger partial charge is 0.313 e. The van der Waals surface area contributed by atoms with Crippen LogP contribution in [-0.2, 0) is 0 Å². The van der Waals surface area contributed by atoms with Gasteiger partial charge >= 0.3 is 0 Å². The molecule has 2 heteroatoms. The maximum Gasteiger partial charge on any atom is 0.0186 e. The van der Waals surface area contributed by atoms with Crippen LogP contribution in [0.1, 0.15) is 65.2 Å². The molecule has 0 amide bonds. The Morgan fingerprint density at radius 2 is 1.76 bits per heavy atom. The maximum atomic E-state index is 3.80. The molecule has 17 heavy (non-hydrogen) atoms. The summed E-state index contributed by atoms with van der Waals surface area (Å²) in [6, 6.07) is 0.782. The van der Waals surface area contributed by atoms with Crippen molar-refractivity contribution in [2.24, 2.45) is 5.92 Å². The van der Waals surface area contributed by atoms with Gasteiger partial charge < -0.3 is 5.32 Å². The van der Waals surface area contributed by atoms with E-state index in [1.54, 1.807) is 0 Å². The molecule has 1 rings (SSSR count). The minimum absolute atomic E-state index is 0.782. The van der Waals surface area contributed by atoms with E-state index < -0.39 is 0 Å². The molecule has 1 aliphatic rings. The second kappa shape index (κ2) is 10.3. The predicted octanol–water partition coefficient (Wildman–Crippen LogP) is 4.47. The van der Waals surface area contributed by atoms with Gasteiger partial charge in [0.25, 0.3) is 0 Å². The molecule has 0 spiro atoms. The van der Waals surface area contributed by atoms with E-state index in [2.05, 4.69) is 30.9 Å². The first-order chi connectivity index (χ1) is 8.38. The van der Waals surface area contributed by atoms with Gasteiger partial charge in [-0.2, -0.15) is 11.8 Å². The fourth-order valence-corrected chi connectivity index (χ4v) is 3.86. The highest BCUT2D eigenvalue weighted by atomic mass is 32.2. The number of thioether (sulfide) groups is 1. The second-order valence-corrected chi connectivity index (χ2v) is 6.54. The predicted molar refractivity (Wildman–Crippen MR) is 80.9 cm³/mol. The maximum absolute atomic E-state index is 3.80. The van der Waals surface area contributed by atoms with E-state index in [9.17, 15) is 0 Å². The summed E-state index contributed by atoms with van der Waals surface area (Å²) in [7, 11) is 0. The molecule has 0 aromatic carbocycles. The molecule has 1 atom stereocenters. The topological polar surface area (TPSA) is 12.0 Å². The Labute approximate surface area is 113 Å². The van der Waals surface area contributed by atoms with Crippen LogP contribution in [0.15, 0.2) is 0 Å². The lowest BCUT2D eigenvalue weighted by Crippen LogP contribution is -2.38. The second-order valence-electron chi connectivity index (χ2n) is 5.39. The summed E-state index contributed by atoms with van der Waals surface area (Å²) in [5.41, 5.74) is 0. The van der Waals surface area contributed by atoms with Gasteiger partial charge in [0.15, 0.2) is 0 Å². The third-order valence-corrected chi connectivity index (χ3v) is 5.06. The minimum atomic E-state index is 0.782. The fraction of sp³-hybridized carbons (Fsp3) is 1.00. The van der Waals surface area contributed by atoms with Crippen molar-refractivity contribution in [1.29, 1.82) is 0 Å². The van der Waals surface area contributed by atoms with Crippen molar-refractivity contribution >= 4 is 11.8 Å². The highest BCUT2D eigenvalue weighted by Crippen LogP contribution is 2.27. The molecule has 0 saturated heterocycles. The van der Waals surface area contributed by atoms with Gasteiger partial charge in [-0.3, -0.25) is 0 Å². The zero-order valence-corrected chi connectivity index (χ0v) is 12.7. The zero-order valence-electron chi connectivity index (χ0n) is 11.8. The highest BCUT2D eigenvalue weighted by Gasteiger charge is 2.21. The van der Waals surface area contributed by atoms with Crippen molar-refractivity contribution in [3.63, 3.8) is 0 Å². The molecular weight excluding hydrogens is 226 g/mol. The molecule has 0 aromatic rings. The average Bonchev–Trinajstić information content (AvgIpc) is 2.62. The lowest BCUT2D eigenvalue weighted by atomic mass is 9.93. The van der Waals surface area contributed by atoms with Crippen LogP contribution < -0.4 is 5.32 Å². The van der Waals surface area contributed by atoms with Gasteiger partial charge in [-0.1, -0.05) is 39.5 Å². The summed E-state index contributed by atoms with van der Waals surface area (Å²) in [4.78, 5) is 0. The molecule has 1 fully saturated rings. The van der Waals surface area contributed by atoms with Crippen LogP contribution in [0.4, 0.5) is 0 Å². The standard InChI is InChI=1S/C15H31NS/c1-3-11-16-15(13-17-12-4-2)14-9-7-5-6-8-10-14/h14-16H,3-13H2,1-2H3. The van der Waals surface area contributed by atoms with Crippen LogP contribution >= 0.6 is 11.8 Å². The molecule has 0 aromatic heterocycles. The van der Waals surface area contributed by atoms with E-state index in [1.807, 2.05) is 0 Å². The number of nitrogens with one attached hydrogen (secondary N) is 1. The van der Waals surface area contributed by atoms with E-state index in [1.165, 1.54) is 69.4 Å². The third kappa shape index (κ3) is 6.71. The summed E-state index contributed by atoms with van der Waals surface area (Å²) >= 11 is 2.15. The Morgan fingerprint density at radius 3 is 2.35 bits per heavy atom. The van der Waals surface area contributed by atoms with E-state index in [0.717, 1.165) is 12.0 Å². The SMILES string of the molecule is CCCNC(CSCCC)C1CCCCCC1. The van der Waals surface area contributed by atoms with E-state index >= 15 is 0 Å². The molecule has 1 N–H and O–H groups in total. The quantitative estimate of drug-likeness (QED) is 0.509. The van der Waals surface area contributed by atoms with Gasteiger partial charge in [0.2, 0.25) is 0 Å². The Bertz CT molecular complexity index is 164. The third-order valence-electron chi connectivity index (χ3n) is 3.77. The first-order valence-electron chi connectivity index (χ1n) is 7.69. The van der Waals surface area contributed by atoms with Crippen LogP contribution in [0, 0.1) is 5.92 Å². The number of hydrogen-bond acceptors (Lipinski definition) is 2. The Hall–Kier alpha value is 0.310. The molecule has 0 radical (unpaired) electrons. The van der Waals surface area contributed by atoms with Crippen molar-refractivity contribution in [3.8, 4) is 0 Å². The molecule has 1 aliphatic carbocycles. The molecular formula is C15H31NS. The van der Waals surface area contributed by atoms with Crippen molar-refractivity contribution in [3.05, 3.63) is 0 Å².